The van der Waals surface area contributed by atoms with Crippen LogP contribution >= 0.6 is 0 Å². The van der Waals surface area contributed by atoms with Gasteiger partial charge in [-0.05, 0) is 0 Å². The van der Waals surface area contributed by atoms with Gasteiger partial charge in [-0.25, -0.2) is 0 Å². The lowest BCUT2D eigenvalue weighted by atomic mass is 10.3. The highest BCUT2D eigenvalue weighted by Crippen LogP contribution is 2.07. The molecule has 0 radical (unpaired) electrons. The Morgan fingerprint density at radius 3 is 2.18 bits per heavy atom. The Bertz CT molecular complexity index is 122. The van der Waals surface area contributed by atoms with Gasteiger partial charge in [0.05, 0.1) is 40.0 Å². The molecule has 2 N–H and O–H groups in total. The fourth-order valence-corrected chi connectivity index (χ4v) is 1.27. The van der Waals surface area contributed by atoms with Gasteiger partial charge in [0.2, 0.25) is 0 Å². The van der Waals surface area contributed by atoms with Crippen molar-refractivity contribution in [1.29, 1.82) is 0 Å². The standard InChI is InChI=1S/C7H17N2O2/c1-9(7-11)4-2-8(6-10)3-5-9/h10-11H,2-7H2,1H3/q+1. The molecule has 0 spiro atoms. The van der Waals surface area contributed by atoms with Gasteiger partial charge >= 0.3 is 0 Å². The van der Waals surface area contributed by atoms with Crippen LogP contribution in [0.25, 0.3) is 0 Å². The molecule has 0 amide bonds. The van der Waals surface area contributed by atoms with Crippen molar-refractivity contribution in [3.63, 3.8) is 0 Å². The van der Waals surface area contributed by atoms with E-state index in [1.54, 1.807) is 0 Å². The van der Waals surface area contributed by atoms with Crippen LogP contribution in [-0.4, -0.2) is 66.3 Å². The van der Waals surface area contributed by atoms with Crippen molar-refractivity contribution in [2.75, 3.05) is 46.7 Å². The topological polar surface area (TPSA) is 43.7 Å². The molecule has 0 unspecified atom stereocenters. The number of hydrogen-bond acceptors (Lipinski definition) is 3. The number of quaternary nitrogens is 1. The van der Waals surface area contributed by atoms with E-state index < -0.39 is 0 Å². The number of aliphatic hydroxyl groups excluding tert-OH is 2. The van der Waals surface area contributed by atoms with Gasteiger partial charge in [0.15, 0.2) is 6.73 Å². The minimum atomic E-state index is 0.144. The maximum Gasteiger partial charge on any atom is 0.180 e. The zero-order valence-corrected chi connectivity index (χ0v) is 7.03. The number of piperazine rings is 1. The summed E-state index contributed by atoms with van der Waals surface area (Å²) >= 11 is 0. The highest BCUT2D eigenvalue weighted by molar-refractivity contribution is 4.57. The van der Waals surface area contributed by atoms with Crippen molar-refractivity contribution >= 4 is 0 Å². The SMILES string of the molecule is C[N+]1(CO)CCN(CO)CC1. The van der Waals surface area contributed by atoms with Crippen LogP contribution in [0.4, 0.5) is 0 Å². The molecule has 11 heavy (non-hydrogen) atoms. The molecular formula is C7H17N2O2+. The fraction of sp³-hybridized carbons (Fsp3) is 1.00. The largest absolute Gasteiger partial charge is 0.381 e. The summed E-state index contributed by atoms with van der Waals surface area (Å²) in [4.78, 5) is 1.98. The van der Waals surface area contributed by atoms with Crippen LogP contribution in [0.1, 0.15) is 0 Å². The summed E-state index contributed by atoms with van der Waals surface area (Å²) in [5.41, 5.74) is 0. The van der Waals surface area contributed by atoms with Crippen LogP contribution in [0.15, 0.2) is 0 Å². The summed E-state index contributed by atoms with van der Waals surface area (Å²) < 4.78 is 0.719. The van der Waals surface area contributed by atoms with Crippen LogP contribution < -0.4 is 0 Å². The molecule has 0 aromatic heterocycles. The first-order valence-corrected chi connectivity index (χ1v) is 3.98. The normalized spacial score (nSPS) is 25.4. The van der Waals surface area contributed by atoms with Crippen molar-refractivity contribution in [3.8, 4) is 0 Å². The van der Waals surface area contributed by atoms with E-state index in [4.69, 9.17) is 10.2 Å². The Kier molecular flexibility index (Phi) is 2.84. The Balaban J connectivity index is 2.35. The highest BCUT2D eigenvalue weighted by atomic mass is 16.3. The lowest BCUT2D eigenvalue weighted by Gasteiger charge is -2.39. The number of nitrogens with zero attached hydrogens (tertiary/aromatic N) is 2. The van der Waals surface area contributed by atoms with Crippen LogP contribution in [-0.2, 0) is 0 Å². The van der Waals surface area contributed by atoms with Gasteiger partial charge < -0.3 is 14.7 Å². The predicted molar refractivity (Wildman–Crippen MR) is 41.7 cm³/mol. The van der Waals surface area contributed by atoms with Crippen molar-refractivity contribution in [3.05, 3.63) is 0 Å². The summed E-state index contributed by atoms with van der Waals surface area (Å²) in [6.45, 7) is 3.97. The number of rotatable bonds is 2. The third-order valence-corrected chi connectivity index (χ3v) is 2.45. The molecule has 0 aliphatic carbocycles. The van der Waals surface area contributed by atoms with Crippen molar-refractivity contribution < 1.29 is 14.7 Å². The Morgan fingerprint density at radius 2 is 1.82 bits per heavy atom. The summed E-state index contributed by atoms with van der Waals surface area (Å²) in [6.07, 6.45) is 0. The zero-order valence-electron chi connectivity index (χ0n) is 7.03. The second-order valence-corrected chi connectivity index (χ2v) is 3.47. The molecule has 4 nitrogen and oxygen atoms in total. The summed E-state index contributed by atoms with van der Waals surface area (Å²) in [5.74, 6) is 0. The van der Waals surface area contributed by atoms with E-state index in [0.29, 0.717) is 0 Å². The Labute approximate surface area is 67.2 Å². The molecule has 0 bridgehead atoms. The van der Waals surface area contributed by atoms with E-state index in [2.05, 4.69) is 0 Å². The van der Waals surface area contributed by atoms with Gasteiger partial charge in [-0.1, -0.05) is 0 Å². The van der Waals surface area contributed by atoms with Crippen LogP contribution in [0.5, 0.6) is 0 Å². The van der Waals surface area contributed by atoms with E-state index >= 15 is 0 Å². The molecule has 66 valence electrons. The molecule has 1 aliphatic rings. The van der Waals surface area contributed by atoms with Crippen LogP contribution in [0.3, 0.4) is 0 Å². The van der Waals surface area contributed by atoms with Gasteiger partial charge in [-0.2, -0.15) is 0 Å². The average molecular weight is 161 g/mol. The lowest BCUT2D eigenvalue weighted by molar-refractivity contribution is -0.931. The highest BCUT2D eigenvalue weighted by Gasteiger charge is 2.26. The molecule has 4 heteroatoms. The molecule has 0 saturated carbocycles. The van der Waals surface area contributed by atoms with Crippen molar-refractivity contribution in [1.82, 2.24) is 4.90 Å². The smallest absolute Gasteiger partial charge is 0.180 e. The summed E-state index contributed by atoms with van der Waals surface area (Å²) in [5, 5.41) is 17.8. The first kappa shape index (κ1) is 8.93. The second-order valence-electron chi connectivity index (χ2n) is 3.47. The zero-order chi connectivity index (χ0) is 8.32. The fourth-order valence-electron chi connectivity index (χ4n) is 1.27. The summed E-state index contributed by atoms with van der Waals surface area (Å²) in [6, 6.07) is 0. The average Bonchev–Trinajstić information content (AvgIpc) is 2.06. The summed E-state index contributed by atoms with van der Waals surface area (Å²) in [7, 11) is 2.04. The minimum Gasteiger partial charge on any atom is -0.381 e. The molecule has 0 atom stereocenters. The van der Waals surface area contributed by atoms with E-state index in [-0.39, 0.29) is 13.5 Å². The molecule has 1 rings (SSSR count). The first-order valence-electron chi connectivity index (χ1n) is 3.98. The van der Waals surface area contributed by atoms with E-state index in [1.165, 1.54) is 0 Å². The minimum absolute atomic E-state index is 0.144. The van der Waals surface area contributed by atoms with Crippen LogP contribution in [0, 0.1) is 0 Å². The van der Waals surface area contributed by atoms with Gasteiger partial charge in [0.1, 0.15) is 0 Å². The van der Waals surface area contributed by atoms with Gasteiger partial charge in [-0.15, -0.1) is 0 Å². The Morgan fingerprint density at radius 1 is 1.27 bits per heavy atom. The molecule has 0 aromatic carbocycles. The maximum atomic E-state index is 9.00. The van der Waals surface area contributed by atoms with E-state index in [1.807, 2.05) is 11.9 Å². The number of likely N-dealkylation sites (N-methyl/N-ethyl adjacent to an activating group) is 1. The molecular weight excluding hydrogens is 144 g/mol. The molecule has 1 saturated heterocycles. The molecule has 1 aliphatic heterocycles. The molecule has 1 heterocycles. The van der Waals surface area contributed by atoms with E-state index in [9.17, 15) is 0 Å². The second kappa shape index (κ2) is 3.49. The van der Waals surface area contributed by atoms with E-state index in [0.717, 1.165) is 30.7 Å². The quantitative estimate of drug-likeness (QED) is 0.492. The number of aliphatic hydroxyl groups is 2. The Hall–Kier alpha value is -0.160. The number of hydrogen-bond donors (Lipinski definition) is 2. The van der Waals surface area contributed by atoms with Crippen molar-refractivity contribution in [2.24, 2.45) is 0 Å². The monoisotopic (exact) mass is 161 g/mol. The third kappa shape index (κ3) is 2.13. The van der Waals surface area contributed by atoms with Crippen molar-refractivity contribution in [2.45, 2.75) is 0 Å². The maximum absolute atomic E-state index is 9.00. The van der Waals surface area contributed by atoms with Crippen LogP contribution in [0.2, 0.25) is 0 Å². The predicted octanol–water partition coefficient (Wildman–Crippen LogP) is -1.35. The first-order chi connectivity index (χ1) is 5.20. The van der Waals surface area contributed by atoms with Gasteiger partial charge in [0.25, 0.3) is 0 Å². The van der Waals surface area contributed by atoms with Gasteiger partial charge in [-0.3, -0.25) is 4.90 Å². The van der Waals surface area contributed by atoms with Gasteiger partial charge in [0, 0.05) is 0 Å². The lowest BCUT2D eigenvalue weighted by Crippen LogP contribution is -2.57. The third-order valence-electron chi connectivity index (χ3n) is 2.45. The molecule has 1 fully saturated rings. The molecule has 0 aromatic rings.